The Morgan fingerprint density at radius 2 is 2.19 bits per heavy atom. The van der Waals surface area contributed by atoms with Gasteiger partial charge in [0, 0.05) is 29.2 Å². The van der Waals surface area contributed by atoms with E-state index in [0.717, 1.165) is 41.9 Å². The van der Waals surface area contributed by atoms with Gasteiger partial charge < -0.3 is 16.0 Å². The maximum Gasteiger partial charge on any atom is 0.267 e. The molecular weight excluding hydrogens is 284 g/mol. The summed E-state index contributed by atoms with van der Waals surface area (Å²) in [6.07, 6.45) is 5.73. The van der Waals surface area contributed by atoms with E-state index in [-0.39, 0.29) is 11.9 Å². The Balaban J connectivity index is 1.64. The Morgan fingerprint density at radius 3 is 2.86 bits per heavy atom. The number of nitrogens with one attached hydrogen (secondary N) is 2. The first-order valence-electron chi connectivity index (χ1n) is 7.29. The molecule has 1 amide bonds. The maximum atomic E-state index is 12.3. The molecule has 0 radical (unpaired) electrons. The van der Waals surface area contributed by atoms with Gasteiger partial charge in [-0.1, -0.05) is 0 Å². The molecule has 2 heterocycles. The minimum absolute atomic E-state index is 0.0475. The molecule has 2 aromatic heterocycles. The topological polar surface area (TPSA) is 83.8 Å². The second-order valence-corrected chi connectivity index (χ2v) is 6.70. The zero-order valence-corrected chi connectivity index (χ0v) is 12.9. The van der Waals surface area contributed by atoms with Gasteiger partial charge in [0.15, 0.2) is 0 Å². The van der Waals surface area contributed by atoms with Crippen LogP contribution in [0.1, 0.15) is 41.2 Å². The van der Waals surface area contributed by atoms with Crippen LogP contribution in [0.4, 0.5) is 0 Å². The Morgan fingerprint density at radius 1 is 1.43 bits per heavy atom. The SMILES string of the molecule is Cc1nc(-c2c[nH]c(C(=O)NC3CCC(N)CC3)c2)cs1. The van der Waals surface area contributed by atoms with E-state index in [1.807, 2.05) is 24.6 Å². The van der Waals surface area contributed by atoms with Crippen LogP contribution in [0, 0.1) is 6.92 Å². The molecule has 4 N–H and O–H groups in total. The number of aromatic amines is 1. The van der Waals surface area contributed by atoms with Gasteiger partial charge in [-0.05, 0) is 38.7 Å². The summed E-state index contributed by atoms with van der Waals surface area (Å²) >= 11 is 1.61. The van der Waals surface area contributed by atoms with Gasteiger partial charge in [-0.3, -0.25) is 4.79 Å². The standard InChI is InChI=1S/C15H20N4OS/c1-9-18-14(8-21-9)10-6-13(17-7-10)15(20)19-12-4-2-11(16)3-5-12/h6-8,11-12,17H,2-5,16H2,1H3,(H,19,20). The van der Waals surface area contributed by atoms with Gasteiger partial charge in [0.2, 0.25) is 0 Å². The normalized spacial score (nSPS) is 22.2. The molecule has 0 unspecified atom stereocenters. The number of hydrogen-bond donors (Lipinski definition) is 3. The van der Waals surface area contributed by atoms with Crippen molar-refractivity contribution in [3.63, 3.8) is 0 Å². The van der Waals surface area contributed by atoms with Crippen molar-refractivity contribution in [3.8, 4) is 11.3 Å². The van der Waals surface area contributed by atoms with Crippen LogP contribution in [0.15, 0.2) is 17.6 Å². The van der Waals surface area contributed by atoms with E-state index in [1.165, 1.54) is 0 Å². The highest BCUT2D eigenvalue weighted by molar-refractivity contribution is 7.09. The molecule has 0 bridgehead atoms. The molecule has 0 spiro atoms. The molecule has 5 nitrogen and oxygen atoms in total. The fraction of sp³-hybridized carbons (Fsp3) is 0.467. The second kappa shape index (κ2) is 5.99. The van der Waals surface area contributed by atoms with Crippen molar-refractivity contribution >= 4 is 17.2 Å². The molecular formula is C15H20N4OS. The molecule has 0 atom stereocenters. The van der Waals surface area contributed by atoms with E-state index in [1.54, 1.807) is 11.3 Å². The minimum atomic E-state index is -0.0475. The van der Waals surface area contributed by atoms with E-state index in [0.29, 0.717) is 11.7 Å². The van der Waals surface area contributed by atoms with Crippen molar-refractivity contribution in [2.75, 3.05) is 0 Å². The molecule has 21 heavy (non-hydrogen) atoms. The lowest BCUT2D eigenvalue weighted by atomic mass is 9.92. The van der Waals surface area contributed by atoms with Crippen molar-refractivity contribution in [2.24, 2.45) is 5.73 Å². The predicted octanol–water partition coefficient (Wildman–Crippen LogP) is 2.45. The summed E-state index contributed by atoms with van der Waals surface area (Å²) in [6, 6.07) is 2.40. The van der Waals surface area contributed by atoms with Crippen LogP contribution in [-0.2, 0) is 0 Å². The van der Waals surface area contributed by atoms with Gasteiger partial charge in [-0.2, -0.15) is 0 Å². The van der Waals surface area contributed by atoms with E-state index in [4.69, 9.17) is 5.73 Å². The smallest absolute Gasteiger partial charge is 0.267 e. The highest BCUT2D eigenvalue weighted by Gasteiger charge is 2.21. The van der Waals surface area contributed by atoms with E-state index >= 15 is 0 Å². The van der Waals surface area contributed by atoms with Gasteiger partial charge in [-0.25, -0.2) is 4.98 Å². The molecule has 1 fully saturated rings. The van der Waals surface area contributed by atoms with Gasteiger partial charge in [0.1, 0.15) is 5.69 Å². The van der Waals surface area contributed by atoms with Gasteiger partial charge in [0.25, 0.3) is 5.91 Å². The molecule has 1 aliphatic rings. The number of carbonyl (C=O) groups is 1. The molecule has 2 aromatic rings. The van der Waals surface area contributed by atoms with Crippen LogP contribution in [0.3, 0.4) is 0 Å². The molecule has 112 valence electrons. The second-order valence-electron chi connectivity index (χ2n) is 5.64. The quantitative estimate of drug-likeness (QED) is 0.814. The number of rotatable bonds is 3. The average Bonchev–Trinajstić information content (AvgIpc) is 3.10. The molecule has 0 aliphatic heterocycles. The summed E-state index contributed by atoms with van der Waals surface area (Å²) in [5, 5.41) is 6.11. The number of nitrogens with two attached hydrogens (primary N) is 1. The number of thiazole rings is 1. The van der Waals surface area contributed by atoms with E-state index < -0.39 is 0 Å². The fourth-order valence-electron chi connectivity index (χ4n) is 2.70. The van der Waals surface area contributed by atoms with Gasteiger partial charge in [0.05, 0.1) is 10.7 Å². The highest BCUT2D eigenvalue weighted by atomic mass is 32.1. The first-order chi connectivity index (χ1) is 10.1. The molecule has 1 aliphatic carbocycles. The fourth-order valence-corrected chi connectivity index (χ4v) is 3.32. The summed E-state index contributed by atoms with van der Waals surface area (Å²) in [5.41, 5.74) is 8.34. The van der Waals surface area contributed by atoms with Crippen LogP contribution in [0.2, 0.25) is 0 Å². The Kier molecular flexibility index (Phi) is 4.07. The van der Waals surface area contributed by atoms with Crippen molar-refractivity contribution in [2.45, 2.75) is 44.7 Å². The number of H-pyrrole nitrogens is 1. The van der Waals surface area contributed by atoms with Gasteiger partial charge in [-0.15, -0.1) is 11.3 Å². The number of amides is 1. The zero-order chi connectivity index (χ0) is 14.8. The van der Waals surface area contributed by atoms with Crippen molar-refractivity contribution < 1.29 is 4.79 Å². The summed E-state index contributed by atoms with van der Waals surface area (Å²) in [5.74, 6) is -0.0475. The highest BCUT2D eigenvalue weighted by Crippen LogP contribution is 2.22. The Hall–Kier alpha value is -1.66. The van der Waals surface area contributed by atoms with Crippen molar-refractivity contribution in [1.82, 2.24) is 15.3 Å². The third-order valence-corrected chi connectivity index (χ3v) is 4.72. The third kappa shape index (κ3) is 3.33. The summed E-state index contributed by atoms with van der Waals surface area (Å²) in [7, 11) is 0. The Labute approximate surface area is 128 Å². The summed E-state index contributed by atoms with van der Waals surface area (Å²) in [4.78, 5) is 19.7. The van der Waals surface area contributed by atoms with E-state index in [2.05, 4.69) is 15.3 Å². The van der Waals surface area contributed by atoms with Crippen molar-refractivity contribution in [3.05, 3.63) is 28.3 Å². The molecule has 0 saturated heterocycles. The molecule has 1 saturated carbocycles. The summed E-state index contributed by atoms with van der Waals surface area (Å²) < 4.78 is 0. The molecule has 3 rings (SSSR count). The van der Waals surface area contributed by atoms with Crippen LogP contribution >= 0.6 is 11.3 Å². The van der Waals surface area contributed by atoms with Crippen LogP contribution < -0.4 is 11.1 Å². The number of hydrogen-bond acceptors (Lipinski definition) is 4. The molecule has 0 aromatic carbocycles. The lowest BCUT2D eigenvalue weighted by Crippen LogP contribution is -2.40. The maximum absolute atomic E-state index is 12.3. The van der Waals surface area contributed by atoms with Crippen LogP contribution in [0.25, 0.3) is 11.3 Å². The van der Waals surface area contributed by atoms with Crippen LogP contribution in [-0.4, -0.2) is 28.0 Å². The monoisotopic (exact) mass is 304 g/mol. The number of aromatic nitrogens is 2. The first-order valence-corrected chi connectivity index (χ1v) is 8.17. The van der Waals surface area contributed by atoms with Crippen LogP contribution in [0.5, 0.6) is 0 Å². The zero-order valence-electron chi connectivity index (χ0n) is 12.1. The van der Waals surface area contributed by atoms with Gasteiger partial charge >= 0.3 is 0 Å². The number of aryl methyl sites for hydroxylation is 1. The summed E-state index contributed by atoms with van der Waals surface area (Å²) in [6.45, 7) is 1.97. The first kappa shape index (κ1) is 14.3. The molecule has 6 heteroatoms. The van der Waals surface area contributed by atoms with E-state index in [9.17, 15) is 4.79 Å². The lowest BCUT2D eigenvalue weighted by Gasteiger charge is -2.26. The number of nitrogens with zero attached hydrogens (tertiary/aromatic N) is 1. The van der Waals surface area contributed by atoms with Crippen molar-refractivity contribution in [1.29, 1.82) is 0 Å². The third-order valence-electron chi connectivity index (χ3n) is 3.95. The Bertz CT molecular complexity index is 625. The average molecular weight is 304 g/mol. The number of carbonyl (C=O) groups excluding carboxylic acids is 1. The predicted molar refractivity (Wildman–Crippen MR) is 84.3 cm³/mol. The minimum Gasteiger partial charge on any atom is -0.357 e. The lowest BCUT2D eigenvalue weighted by molar-refractivity contribution is 0.0921. The largest absolute Gasteiger partial charge is 0.357 e.